The van der Waals surface area contributed by atoms with Crippen molar-refractivity contribution in [2.24, 2.45) is 0 Å². The number of nitrogens with zero attached hydrogens (tertiary/aromatic N) is 1. The third kappa shape index (κ3) is 3.82. The van der Waals surface area contributed by atoms with Crippen LogP contribution in [0.1, 0.15) is 53.5 Å². The maximum absolute atomic E-state index is 12.3. The summed E-state index contributed by atoms with van der Waals surface area (Å²) in [7, 11) is 0. The van der Waals surface area contributed by atoms with Crippen molar-refractivity contribution in [3.8, 4) is 5.69 Å². The summed E-state index contributed by atoms with van der Waals surface area (Å²) in [4.78, 5) is 12.3. The molecule has 0 spiro atoms. The Morgan fingerprint density at radius 2 is 2.00 bits per heavy atom. The lowest BCUT2D eigenvalue weighted by molar-refractivity contribution is 0.0950. The van der Waals surface area contributed by atoms with Crippen LogP contribution in [0.2, 0.25) is 0 Å². The van der Waals surface area contributed by atoms with Gasteiger partial charge in [0.1, 0.15) is 0 Å². The highest BCUT2D eigenvalue weighted by molar-refractivity contribution is 5.95. The van der Waals surface area contributed by atoms with Crippen LogP contribution in [-0.4, -0.2) is 28.7 Å². The van der Waals surface area contributed by atoms with Crippen molar-refractivity contribution in [2.75, 3.05) is 13.2 Å². The summed E-state index contributed by atoms with van der Waals surface area (Å²) in [6, 6.07) is 10.4. The van der Waals surface area contributed by atoms with Crippen molar-refractivity contribution < 1.29 is 9.90 Å². The first-order valence-corrected chi connectivity index (χ1v) is 8.14. The molecule has 0 fully saturated rings. The van der Waals surface area contributed by atoms with Gasteiger partial charge >= 0.3 is 0 Å². The molecule has 0 saturated heterocycles. The third-order valence-corrected chi connectivity index (χ3v) is 4.09. The van der Waals surface area contributed by atoms with Gasteiger partial charge in [-0.1, -0.05) is 26.0 Å². The van der Waals surface area contributed by atoms with Crippen LogP contribution in [0.3, 0.4) is 0 Å². The summed E-state index contributed by atoms with van der Waals surface area (Å²) in [5.41, 5.74) is 5.03. The van der Waals surface area contributed by atoms with Gasteiger partial charge in [0, 0.05) is 30.2 Å². The number of amides is 1. The molecule has 124 valence electrons. The number of benzene rings is 1. The zero-order valence-corrected chi connectivity index (χ0v) is 14.4. The molecule has 0 aliphatic rings. The van der Waals surface area contributed by atoms with E-state index >= 15 is 0 Å². The zero-order valence-electron chi connectivity index (χ0n) is 14.4. The number of carbonyl (C=O) groups is 1. The molecule has 1 aromatic carbocycles. The number of aliphatic hydroxyl groups is 1. The normalized spacial score (nSPS) is 11.0. The highest BCUT2D eigenvalue weighted by Crippen LogP contribution is 2.24. The predicted molar refractivity (Wildman–Crippen MR) is 93.4 cm³/mol. The maximum Gasteiger partial charge on any atom is 0.253 e. The molecule has 0 atom stereocenters. The predicted octanol–water partition coefficient (Wildman–Crippen LogP) is 3.33. The maximum atomic E-state index is 12.3. The SMILES string of the molecule is Cc1cc(C(=O)NCCCO)c(C)n1-c1cccc(C(C)C)c1. The molecule has 0 aliphatic heterocycles. The highest BCUT2D eigenvalue weighted by Gasteiger charge is 2.16. The number of aliphatic hydroxyl groups excluding tert-OH is 1. The van der Waals surface area contributed by atoms with E-state index in [0.717, 1.165) is 17.1 Å². The monoisotopic (exact) mass is 314 g/mol. The second-order valence-electron chi connectivity index (χ2n) is 6.20. The average molecular weight is 314 g/mol. The lowest BCUT2D eigenvalue weighted by Crippen LogP contribution is -2.25. The van der Waals surface area contributed by atoms with Gasteiger partial charge in [-0.15, -0.1) is 0 Å². The van der Waals surface area contributed by atoms with Crippen LogP contribution >= 0.6 is 0 Å². The first kappa shape index (κ1) is 17.3. The molecule has 0 unspecified atom stereocenters. The summed E-state index contributed by atoms with van der Waals surface area (Å²) in [6.45, 7) is 8.90. The van der Waals surface area contributed by atoms with Crippen LogP contribution in [0.15, 0.2) is 30.3 Å². The molecule has 23 heavy (non-hydrogen) atoms. The topological polar surface area (TPSA) is 54.3 Å². The number of aromatic nitrogens is 1. The number of rotatable bonds is 6. The van der Waals surface area contributed by atoms with Gasteiger partial charge in [-0.3, -0.25) is 4.79 Å². The van der Waals surface area contributed by atoms with Crippen LogP contribution < -0.4 is 5.32 Å². The molecule has 2 N–H and O–H groups in total. The van der Waals surface area contributed by atoms with Crippen molar-refractivity contribution >= 4 is 5.91 Å². The summed E-state index contributed by atoms with van der Waals surface area (Å²) >= 11 is 0. The molecular weight excluding hydrogens is 288 g/mol. The van der Waals surface area contributed by atoms with Crippen molar-refractivity contribution in [1.29, 1.82) is 0 Å². The Kier molecular flexibility index (Phi) is 5.61. The zero-order chi connectivity index (χ0) is 17.0. The Morgan fingerprint density at radius 1 is 1.26 bits per heavy atom. The van der Waals surface area contributed by atoms with E-state index in [-0.39, 0.29) is 12.5 Å². The van der Waals surface area contributed by atoms with Crippen molar-refractivity contribution in [2.45, 2.75) is 40.0 Å². The van der Waals surface area contributed by atoms with Gasteiger partial charge in [0.25, 0.3) is 5.91 Å². The third-order valence-electron chi connectivity index (χ3n) is 4.09. The van der Waals surface area contributed by atoms with Crippen LogP contribution in [0.5, 0.6) is 0 Å². The number of hydrogen-bond acceptors (Lipinski definition) is 2. The van der Waals surface area contributed by atoms with E-state index in [4.69, 9.17) is 5.11 Å². The summed E-state index contributed by atoms with van der Waals surface area (Å²) in [6.07, 6.45) is 0.570. The van der Waals surface area contributed by atoms with Crippen molar-refractivity contribution in [3.05, 3.63) is 52.8 Å². The molecule has 2 rings (SSSR count). The molecular formula is C19H26N2O2. The molecule has 0 saturated carbocycles. The first-order valence-electron chi connectivity index (χ1n) is 8.14. The first-order chi connectivity index (χ1) is 11.0. The summed E-state index contributed by atoms with van der Waals surface area (Å²) in [5, 5.41) is 11.7. The Hall–Kier alpha value is -2.07. The van der Waals surface area contributed by atoms with Crippen molar-refractivity contribution in [1.82, 2.24) is 9.88 Å². The van der Waals surface area contributed by atoms with Crippen LogP contribution in [0, 0.1) is 13.8 Å². The van der Waals surface area contributed by atoms with Gasteiger partial charge in [0.05, 0.1) is 5.56 Å². The lowest BCUT2D eigenvalue weighted by Gasteiger charge is -2.13. The molecule has 1 amide bonds. The average Bonchev–Trinajstić information content (AvgIpc) is 2.82. The van der Waals surface area contributed by atoms with E-state index in [2.05, 4.69) is 48.0 Å². The van der Waals surface area contributed by atoms with Gasteiger partial charge in [0.15, 0.2) is 0 Å². The minimum Gasteiger partial charge on any atom is -0.396 e. The fourth-order valence-electron chi connectivity index (χ4n) is 2.79. The minimum atomic E-state index is -0.0854. The van der Waals surface area contributed by atoms with Crippen LogP contribution in [-0.2, 0) is 0 Å². The molecule has 1 aromatic heterocycles. The second kappa shape index (κ2) is 7.47. The van der Waals surface area contributed by atoms with Gasteiger partial charge in [-0.2, -0.15) is 0 Å². The highest BCUT2D eigenvalue weighted by atomic mass is 16.3. The fraction of sp³-hybridized carbons (Fsp3) is 0.421. The van der Waals surface area contributed by atoms with E-state index in [0.29, 0.717) is 24.4 Å². The van der Waals surface area contributed by atoms with Gasteiger partial charge < -0.3 is 15.0 Å². The lowest BCUT2D eigenvalue weighted by atomic mass is 10.0. The van der Waals surface area contributed by atoms with Gasteiger partial charge in [0.2, 0.25) is 0 Å². The fourth-order valence-corrected chi connectivity index (χ4v) is 2.79. The van der Waals surface area contributed by atoms with Gasteiger partial charge in [-0.05, 0) is 49.9 Å². The van der Waals surface area contributed by atoms with Crippen LogP contribution in [0.4, 0.5) is 0 Å². The summed E-state index contributed by atoms with van der Waals surface area (Å²) in [5.74, 6) is 0.380. The summed E-state index contributed by atoms with van der Waals surface area (Å²) < 4.78 is 2.12. The van der Waals surface area contributed by atoms with E-state index in [1.807, 2.05) is 19.9 Å². The van der Waals surface area contributed by atoms with E-state index < -0.39 is 0 Å². The Balaban J connectivity index is 2.34. The molecule has 0 radical (unpaired) electrons. The number of aryl methyl sites for hydroxylation is 1. The van der Waals surface area contributed by atoms with Crippen LogP contribution in [0.25, 0.3) is 5.69 Å². The molecule has 4 nitrogen and oxygen atoms in total. The largest absolute Gasteiger partial charge is 0.396 e. The molecule has 0 bridgehead atoms. The quantitative estimate of drug-likeness (QED) is 0.804. The van der Waals surface area contributed by atoms with E-state index in [1.54, 1.807) is 0 Å². The molecule has 4 heteroatoms. The Morgan fingerprint density at radius 3 is 2.65 bits per heavy atom. The smallest absolute Gasteiger partial charge is 0.253 e. The van der Waals surface area contributed by atoms with Gasteiger partial charge in [-0.25, -0.2) is 0 Å². The number of nitrogens with one attached hydrogen (secondary N) is 1. The molecule has 2 aromatic rings. The number of carbonyl (C=O) groups excluding carboxylic acids is 1. The second-order valence-corrected chi connectivity index (χ2v) is 6.20. The van der Waals surface area contributed by atoms with Crippen molar-refractivity contribution in [3.63, 3.8) is 0 Å². The van der Waals surface area contributed by atoms with E-state index in [9.17, 15) is 4.79 Å². The van der Waals surface area contributed by atoms with E-state index in [1.165, 1.54) is 5.56 Å². The Labute approximate surface area is 138 Å². The molecule has 1 heterocycles. The molecule has 0 aliphatic carbocycles. The number of hydrogen-bond donors (Lipinski definition) is 2. The standard InChI is InChI=1S/C19H26N2O2/c1-13(2)16-7-5-8-17(12-16)21-14(3)11-18(15(21)4)19(23)20-9-6-10-22/h5,7-8,11-13,22H,6,9-10H2,1-4H3,(H,20,23). The minimum absolute atomic E-state index is 0.0846. The Bertz CT molecular complexity index is 687.